The first kappa shape index (κ1) is 19.5. The van der Waals surface area contributed by atoms with Gasteiger partial charge >= 0.3 is 0 Å². The van der Waals surface area contributed by atoms with Crippen molar-refractivity contribution >= 4 is 17.7 Å². The first-order valence-electron chi connectivity index (χ1n) is 9.33. The van der Waals surface area contributed by atoms with Crippen molar-refractivity contribution < 1.29 is 14.4 Å². The van der Waals surface area contributed by atoms with Crippen molar-refractivity contribution in [1.29, 1.82) is 0 Å². The van der Waals surface area contributed by atoms with Crippen molar-refractivity contribution in [2.75, 3.05) is 26.2 Å². The molecule has 0 aliphatic carbocycles. The van der Waals surface area contributed by atoms with Crippen LogP contribution in [-0.4, -0.2) is 64.7 Å². The van der Waals surface area contributed by atoms with Crippen LogP contribution in [-0.2, 0) is 16.0 Å². The molecule has 0 bridgehead atoms. The zero-order chi connectivity index (χ0) is 19.9. The number of aromatic nitrogens is 1. The second kappa shape index (κ2) is 9.12. The number of nitrogens with zero attached hydrogens (tertiary/aromatic N) is 3. The van der Waals surface area contributed by atoms with Crippen LogP contribution in [0.5, 0.6) is 0 Å². The molecule has 146 valence electrons. The Hall–Kier alpha value is -3.22. The standard InChI is InChI=1S/C21H24N4O3/c1-16(26)24-10-12-25(13-11-24)21(28)19(14-17-6-3-2-4-7-17)23-20(27)18-8-5-9-22-15-18/h2-9,15,19H,10-14H2,1H3,(H,23,27)/t19-/m0/s1. The Balaban J connectivity index is 1.73. The van der Waals surface area contributed by atoms with E-state index in [0.717, 1.165) is 5.56 Å². The van der Waals surface area contributed by atoms with E-state index < -0.39 is 6.04 Å². The summed E-state index contributed by atoms with van der Waals surface area (Å²) in [6.07, 6.45) is 3.47. The molecule has 0 unspecified atom stereocenters. The quantitative estimate of drug-likeness (QED) is 0.843. The van der Waals surface area contributed by atoms with E-state index in [1.807, 2.05) is 30.3 Å². The lowest BCUT2D eigenvalue weighted by Crippen LogP contribution is -2.56. The van der Waals surface area contributed by atoms with Gasteiger partial charge in [0.2, 0.25) is 11.8 Å². The van der Waals surface area contributed by atoms with Gasteiger partial charge in [-0.2, -0.15) is 0 Å². The number of benzene rings is 1. The van der Waals surface area contributed by atoms with Crippen LogP contribution in [0.4, 0.5) is 0 Å². The normalized spacial score (nSPS) is 15.0. The van der Waals surface area contributed by atoms with E-state index in [4.69, 9.17) is 0 Å². The number of pyridine rings is 1. The molecule has 1 N–H and O–H groups in total. The highest BCUT2D eigenvalue weighted by Crippen LogP contribution is 2.10. The lowest BCUT2D eigenvalue weighted by atomic mass is 10.0. The number of rotatable bonds is 5. The van der Waals surface area contributed by atoms with Crippen LogP contribution in [0, 0.1) is 0 Å². The van der Waals surface area contributed by atoms with E-state index in [1.165, 1.54) is 13.1 Å². The monoisotopic (exact) mass is 380 g/mol. The molecule has 1 aromatic heterocycles. The SMILES string of the molecule is CC(=O)N1CCN(C(=O)[C@H](Cc2ccccc2)NC(=O)c2cccnc2)CC1. The molecule has 7 nitrogen and oxygen atoms in total. The molecule has 1 aliphatic rings. The summed E-state index contributed by atoms with van der Waals surface area (Å²) < 4.78 is 0. The predicted octanol–water partition coefficient (Wildman–Crippen LogP) is 1.11. The van der Waals surface area contributed by atoms with E-state index in [1.54, 1.807) is 28.1 Å². The first-order chi connectivity index (χ1) is 13.5. The minimum atomic E-state index is -0.681. The van der Waals surface area contributed by atoms with Gasteiger partial charge < -0.3 is 15.1 Å². The maximum absolute atomic E-state index is 13.1. The highest BCUT2D eigenvalue weighted by Gasteiger charge is 2.29. The summed E-state index contributed by atoms with van der Waals surface area (Å²) in [6, 6.07) is 12.3. The molecule has 7 heteroatoms. The summed E-state index contributed by atoms with van der Waals surface area (Å²) >= 11 is 0. The van der Waals surface area contributed by atoms with Crippen LogP contribution >= 0.6 is 0 Å². The van der Waals surface area contributed by atoms with Crippen molar-refractivity contribution in [3.8, 4) is 0 Å². The maximum Gasteiger partial charge on any atom is 0.253 e. The van der Waals surface area contributed by atoms with Crippen molar-refractivity contribution in [1.82, 2.24) is 20.1 Å². The molecule has 1 atom stereocenters. The number of carbonyl (C=O) groups excluding carboxylic acids is 3. The van der Waals surface area contributed by atoms with E-state index >= 15 is 0 Å². The molecule has 0 radical (unpaired) electrons. The van der Waals surface area contributed by atoms with Crippen LogP contribution in [0.1, 0.15) is 22.8 Å². The van der Waals surface area contributed by atoms with Gasteiger partial charge in [-0.3, -0.25) is 19.4 Å². The summed E-state index contributed by atoms with van der Waals surface area (Å²) in [5.74, 6) is -0.452. The Kier molecular flexibility index (Phi) is 6.37. The van der Waals surface area contributed by atoms with Gasteiger partial charge in [0.1, 0.15) is 6.04 Å². The molecule has 0 saturated carbocycles. The number of piperazine rings is 1. The number of amides is 3. The van der Waals surface area contributed by atoms with Crippen molar-refractivity contribution in [2.45, 2.75) is 19.4 Å². The van der Waals surface area contributed by atoms with Crippen LogP contribution in [0.15, 0.2) is 54.9 Å². The van der Waals surface area contributed by atoms with Gasteiger partial charge in [0.05, 0.1) is 5.56 Å². The summed E-state index contributed by atoms with van der Waals surface area (Å²) in [5, 5.41) is 2.86. The second-order valence-corrected chi connectivity index (χ2v) is 6.79. The molecular weight excluding hydrogens is 356 g/mol. The van der Waals surface area contributed by atoms with E-state index in [2.05, 4.69) is 10.3 Å². The zero-order valence-corrected chi connectivity index (χ0v) is 15.9. The van der Waals surface area contributed by atoms with E-state index in [9.17, 15) is 14.4 Å². The highest BCUT2D eigenvalue weighted by molar-refractivity contribution is 5.97. The van der Waals surface area contributed by atoms with Gasteiger partial charge in [0.15, 0.2) is 0 Å². The smallest absolute Gasteiger partial charge is 0.253 e. The molecule has 0 spiro atoms. The van der Waals surface area contributed by atoms with Gasteiger partial charge in [-0.15, -0.1) is 0 Å². The van der Waals surface area contributed by atoms with E-state index in [0.29, 0.717) is 38.2 Å². The molecule has 1 aliphatic heterocycles. The summed E-state index contributed by atoms with van der Waals surface area (Å²) in [5.41, 5.74) is 1.38. The third kappa shape index (κ3) is 4.94. The Bertz CT molecular complexity index is 818. The number of nitrogens with one attached hydrogen (secondary N) is 1. The average Bonchev–Trinajstić information content (AvgIpc) is 2.74. The molecule has 2 heterocycles. The lowest BCUT2D eigenvalue weighted by molar-refractivity contribution is -0.139. The fourth-order valence-electron chi connectivity index (χ4n) is 3.25. The van der Waals surface area contributed by atoms with Crippen molar-refractivity contribution in [3.05, 3.63) is 66.0 Å². The minimum Gasteiger partial charge on any atom is -0.340 e. The Morgan fingerprint density at radius 1 is 1.00 bits per heavy atom. The zero-order valence-electron chi connectivity index (χ0n) is 15.9. The molecule has 28 heavy (non-hydrogen) atoms. The van der Waals surface area contributed by atoms with Crippen molar-refractivity contribution in [2.24, 2.45) is 0 Å². The number of hydrogen-bond acceptors (Lipinski definition) is 4. The first-order valence-corrected chi connectivity index (χ1v) is 9.33. The second-order valence-electron chi connectivity index (χ2n) is 6.79. The van der Waals surface area contributed by atoms with Crippen LogP contribution in [0.25, 0.3) is 0 Å². The van der Waals surface area contributed by atoms with Gasteiger partial charge in [-0.25, -0.2) is 0 Å². The molecule has 1 fully saturated rings. The van der Waals surface area contributed by atoms with Gasteiger partial charge in [-0.05, 0) is 17.7 Å². The fourth-order valence-corrected chi connectivity index (χ4v) is 3.25. The largest absolute Gasteiger partial charge is 0.340 e. The summed E-state index contributed by atoms with van der Waals surface area (Å²) in [7, 11) is 0. The maximum atomic E-state index is 13.1. The minimum absolute atomic E-state index is 0.0119. The van der Waals surface area contributed by atoms with Gasteiger partial charge in [-0.1, -0.05) is 30.3 Å². The topological polar surface area (TPSA) is 82.6 Å². The van der Waals surface area contributed by atoms with Crippen molar-refractivity contribution in [3.63, 3.8) is 0 Å². The van der Waals surface area contributed by atoms with Gasteiger partial charge in [0, 0.05) is 51.9 Å². The number of carbonyl (C=O) groups is 3. The third-order valence-corrected chi connectivity index (χ3v) is 4.85. The fraction of sp³-hybridized carbons (Fsp3) is 0.333. The predicted molar refractivity (Wildman–Crippen MR) is 104 cm³/mol. The molecular formula is C21H24N4O3. The van der Waals surface area contributed by atoms with Crippen LogP contribution < -0.4 is 5.32 Å². The Labute approximate surface area is 164 Å². The molecule has 3 amide bonds. The third-order valence-electron chi connectivity index (χ3n) is 4.85. The van der Waals surface area contributed by atoms with Gasteiger partial charge in [0.25, 0.3) is 5.91 Å². The molecule has 3 rings (SSSR count). The molecule has 2 aromatic rings. The number of hydrogen-bond donors (Lipinski definition) is 1. The Morgan fingerprint density at radius 3 is 2.29 bits per heavy atom. The summed E-state index contributed by atoms with van der Waals surface area (Å²) in [4.78, 5) is 44.7. The highest BCUT2D eigenvalue weighted by atomic mass is 16.2. The average molecular weight is 380 g/mol. The van der Waals surface area contributed by atoms with Crippen LogP contribution in [0.2, 0.25) is 0 Å². The Morgan fingerprint density at radius 2 is 1.68 bits per heavy atom. The lowest BCUT2D eigenvalue weighted by Gasteiger charge is -2.36. The summed E-state index contributed by atoms with van der Waals surface area (Å²) in [6.45, 7) is 3.48. The van der Waals surface area contributed by atoms with E-state index in [-0.39, 0.29) is 17.7 Å². The van der Waals surface area contributed by atoms with Crippen LogP contribution in [0.3, 0.4) is 0 Å². The molecule has 1 aromatic carbocycles. The molecule has 1 saturated heterocycles.